The molecule has 1 fully saturated rings. The van der Waals surface area contributed by atoms with E-state index in [4.69, 9.17) is 0 Å². The summed E-state index contributed by atoms with van der Waals surface area (Å²) in [5.74, 6) is -0.116. The number of piperidine rings is 1. The zero-order valence-electron chi connectivity index (χ0n) is 15.7. The van der Waals surface area contributed by atoms with Gasteiger partial charge in [0, 0.05) is 44.3 Å². The first-order valence-electron chi connectivity index (χ1n) is 9.49. The van der Waals surface area contributed by atoms with Gasteiger partial charge in [-0.3, -0.25) is 9.48 Å². The number of aryl methyl sites for hydroxylation is 2. The van der Waals surface area contributed by atoms with Gasteiger partial charge in [0.05, 0.1) is 5.92 Å². The molecule has 2 aromatic rings. The summed E-state index contributed by atoms with van der Waals surface area (Å²) in [6, 6.07) is 9.46. The molecule has 1 aliphatic heterocycles. The van der Waals surface area contributed by atoms with E-state index in [-0.39, 0.29) is 17.9 Å². The maximum Gasteiger partial charge on any atom is 0.321 e. The molecule has 27 heavy (non-hydrogen) atoms. The molecule has 0 saturated carbocycles. The summed E-state index contributed by atoms with van der Waals surface area (Å²) in [6.45, 7) is 4.53. The molecule has 3 amide bonds. The van der Waals surface area contributed by atoms with E-state index in [1.54, 1.807) is 11.1 Å². The summed E-state index contributed by atoms with van der Waals surface area (Å²) >= 11 is 0. The molecule has 7 heteroatoms. The third-order valence-electron chi connectivity index (χ3n) is 4.77. The molecule has 0 bridgehead atoms. The highest BCUT2D eigenvalue weighted by Crippen LogP contribution is 2.18. The topological polar surface area (TPSA) is 79.3 Å². The second kappa shape index (κ2) is 9.21. The number of amides is 3. The van der Waals surface area contributed by atoms with E-state index in [0.29, 0.717) is 19.6 Å². The number of nitrogens with zero attached hydrogens (tertiary/aromatic N) is 3. The first-order valence-corrected chi connectivity index (χ1v) is 9.49. The van der Waals surface area contributed by atoms with Gasteiger partial charge in [-0.05, 0) is 49.9 Å². The van der Waals surface area contributed by atoms with Crippen LogP contribution in [0.15, 0.2) is 42.7 Å². The van der Waals surface area contributed by atoms with Crippen molar-refractivity contribution in [3.63, 3.8) is 0 Å². The Morgan fingerprint density at radius 1 is 1.30 bits per heavy atom. The standard InChI is InChI=1S/C20H27N5O2/c1-16-6-2-8-18(14-16)23-20(27)24-11-3-7-17(15-24)19(26)21-9-4-12-25-13-5-10-22-25/h2,5-6,8,10,13-14,17H,3-4,7,9,11-12,15H2,1H3,(H,21,26)(H,23,27). The molecule has 2 heterocycles. The van der Waals surface area contributed by atoms with Crippen molar-refractivity contribution in [2.75, 3.05) is 25.0 Å². The van der Waals surface area contributed by atoms with Crippen LogP contribution in [-0.2, 0) is 11.3 Å². The number of urea groups is 1. The summed E-state index contributed by atoms with van der Waals surface area (Å²) < 4.78 is 1.85. The lowest BCUT2D eigenvalue weighted by Crippen LogP contribution is -2.47. The zero-order chi connectivity index (χ0) is 19.1. The molecule has 1 aromatic carbocycles. The Kier molecular flexibility index (Phi) is 6.46. The van der Waals surface area contributed by atoms with E-state index in [1.165, 1.54) is 0 Å². The van der Waals surface area contributed by atoms with Crippen LogP contribution in [0.3, 0.4) is 0 Å². The highest BCUT2D eigenvalue weighted by molar-refractivity contribution is 5.90. The molecule has 1 unspecified atom stereocenters. The molecule has 3 rings (SSSR count). The second-order valence-electron chi connectivity index (χ2n) is 7.00. The third-order valence-corrected chi connectivity index (χ3v) is 4.77. The molecule has 0 aliphatic carbocycles. The van der Waals surface area contributed by atoms with Gasteiger partial charge in [0.25, 0.3) is 0 Å². The van der Waals surface area contributed by atoms with Gasteiger partial charge in [-0.25, -0.2) is 4.79 Å². The number of rotatable bonds is 6. The molecule has 7 nitrogen and oxygen atoms in total. The van der Waals surface area contributed by atoms with Crippen molar-refractivity contribution in [2.45, 2.75) is 32.7 Å². The maximum atomic E-state index is 12.5. The Morgan fingerprint density at radius 3 is 2.96 bits per heavy atom. The zero-order valence-corrected chi connectivity index (χ0v) is 15.7. The lowest BCUT2D eigenvalue weighted by Gasteiger charge is -2.32. The Balaban J connectivity index is 1.43. The Bertz CT molecular complexity index is 759. The largest absolute Gasteiger partial charge is 0.356 e. The molecule has 1 aliphatic rings. The van der Waals surface area contributed by atoms with Gasteiger partial charge in [0.15, 0.2) is 0 Å². The second-order valence-corrected chi connectivity index (χ2v) is 7.00. The van der Waals surface area contributed by atoms with E-state index in [0.717, 1.165) is 37.1 Å². The number of carbonyl (C=O) groups is 2. The third kappa shape index (κ3) is 5.57. The van der Waals surface area contributed by atoms with Crippen LogP contribution in [-0.4, -0.2) is 46.3 Å². The van der Waals surface area contributed by atoms with E-state index in [9.17, 15) is 9.59 Å². The fourth-order valence-electron chi connectivity index (χ4n) is 3.33. The molecule has 1 saturated heterocycles. The van der Waals surface area contributed by atoms with Crippen LogP contribution in [0.5, 0.6) is 0 Å². The summed E-state index contributed by atoms with van der Waals surface area (Å²) in [7, 11) is 0. The predicted molar refractivity (Wildman–Crippen MR) is 104 cm³/mol. The minimum atomic E-state index is -0.147. The molecule has 2 N–H and O–H groups in total. The molecule has 0 radical (unpaired) electrons. The highest BCUT2D eigenvalue weighted by Gasteiger charge is 2.28. The predicted octanol–water partition coefficient (Wildman–Crippen LogP) is 2.64. The van der Waals surface area contributed by atoms with Crippen molar-refractivity contribution < 1.29 is 9.59 Å². The van der Waals surface area contributed by atoms with Gasteiger partial charge in [0.2, 0.25) is 5.91 Å². The van der Waals surface area contributed by atoms with E-state index in [2.05, 4.69) is 15.7 Å². The van der Waals surface area contributed by atoms with Gasteiger partial charge >= 0.3 is 6.03 Å². The summed E-state index contributed by atoms with van der Waals surface area (Å²) in [6.07, 6.45) is 6.15. The van der Waals surface area contributed by atoms with Gasteiger partial charge < -0.3 is 15.5 Å². The molecular formula is C20H27N5O2. The molecule has 144 valence electrons. The number of carbonyl (C=O) groups excluding carboxylic acids is 2. The first kappa shape index (κ1) is 18.9. The van der Waals surface area contributed by atoms with Crippen LogP contribution in [0.1, 0.15) is 24.8 Å². The number of hydrogen-bond acceptors (Lipinski definition) is 3. The van der Waals surface area contributed by atoms with Crippen LogP contribution >= 0.6 is 0 Å². The summed E-state index contributed by atoms with van der Waals surface area (Å²) in [5.41, 5.74) is 1.88. The molecule has 0 spiro atoms. The lowest BCUT2D eigenvalue weighted by atomic mass is 9.97. The normalized spacial score (nSPS) is 16.8. The Labute approximate surface area is 159 Å². The molecular weight excluding hydrogens is 342 g/mol. The van der Waals surface area contributed by atoms with Crippen LogP contribution in [0, 0.1) is 12.8 Å². The summed E-state index contributed by atoms with van der Waals surface area (Å²) in [4.78, 5) is 26.7. The average molecular weight is 369 g/mol. The van der Waals surface area contributed by atoms with Gasteiger partial charge in [0.1, 0.15) is 0 Å². The quantitative estimate of drug-likeness (QED) is 0.768. The monoisotopic (exact) mass is 369 g/mol. The average Bonchev–Trinajstić information content (AvgIpc) is 3.19. The van der Waals surface area contributed by atoms with E-state index < -0.39 is 0 Å². The lowest BCUT2D eigenvalue weighted by molar-refractivity contribution is -0.126. The van der Waals surface area contributed by atoms with Gasteiger partial charge in [-0.2, -0.15) is 5.10 Å². The number of anilines is 1. The number of hydrogen-bond donors (Lipinski definition) is 2. The Hall–Kier alpha value is -2.83. The van der Waals surface area contributed by atoms with Crippen molar-refractivity contribution in [3.8, 4) is 0 Å². The molecule has 1 aromatic heterocycles. The fourth-order valence-corrected chi connectivity index (χ4v) is 3.33. The van der Waals surface area contributed by atoms with Crippen LogP contribution in [0.25, 0.3) is 0 Å². The van der Waals surface area contributed by atoms with Crippen molar-refractivity contribution in [3.05, 3.63) is 48.3 Å². The van der Waals surface area contributed by atoms with Crippen LogP contribution < -0.4 is 10.6 Å². The summed E-state index contributed by atoms with van der Waals surface area (Å²) in [5, 5.41) is 10.1. The van der Waals surface area contributed by atoms with E-state index in [1.807, 2.05) is 48.1 Å². The van der Waals surface area contributed by atoms with Crippen LogP contribution in [0.4, 0.5) is 10.5 Å². The van der Waals surface area contributed by atoms with Gasteiger partial charge in [-0.15, -0.1) is 0 Å². The number of benzene rings is 1. The number of aromatic nitrogens is 2. The van der Waals surface area contributed by atoms with Crippen molar-refractivity contribution in [1.29, 1.82) is 0 Å². The van der Waals surface area contributed by atoms with Crippen molar-refractivity contribution in [2.24, 2.45) is 5.92 Å². The first-order chi connectivity index (χ1) is 13.1. The minimum Gasteiger partial charge on any atom is -0.356 e. The fraction of sp³-hybridized carbons (Fsp3) is 0.450. The van der Waals surface area contributed by atoms with Gasteiger partial charge in [-0.1, -0.05) is 12.1 Å². The van der Waals surface area contributed by atoms with Crippen molar-refractivity contribution >= 4 is 17.6 Å². The number of likely N-dealkylation sites (tertiary alicyclic amines) is 1. The maximum absolute atomic E-state index is 12.5. The highest BCUT2D eigenvalue weighted by atomic mass is 16.2. The smallest absolute Gasteiger partial charge is 0.321 e. The molecule has 1 atom stereocenters. The van der Waals surface area contributed by atoms with Crippen molar-refractivity contribution in [1.82, 2.24) is 20.0 Å². The SMILES string of the molecule is Cc1cccc(NC(=O)N2CCCC(C(=O)NCCCn3cccn3)C2)c1. The van der Waals surface area contributed by atoms with Crippen LogP contribution in [0.2, 0.25) is 0 Å². The minimum absolute atomic E-state index is 0.0310. The van der Waals surface area contributed by atoms with E-state index >= 15 is 0 Å². The number of nitrogens with one attached hydrogen (secondary N) is 2. The Morgan fingerprint density at radius 2 is 2.19 bits per heavy atom.